The van der Waals surface area contributed by atoms with E-state index in [1.807, 2.05) is 43.9 Å². The maximum absolute atomic E-state index is 12.9. The molecule has 1 aliphatic heterocycles. The number of pyridine rings is 1. The topological polar surface area (TPSA) is 59.0 Å². The van der Waals surface area contributed by atoms with Crippen LogP contribution in [-0.2, 0) is 5.54 Å². The van der Waals surface area contributed by atoms with Gasteiger partial charge in [0.05, 0.1) is 5.56 Å². The first-order valence-electron chi connectivity index (χ1n) is 7.97. The summed E-state index contributed by atoms with van der Waals surface area (Å²) in [6, 6.07) is 5.66. The highest BCUT2D eigenvalue weighted by Crippen LogP contribution is 2.37. The maximum atomic E-state index is 12.9. The van der Waals surface area contributed by atoms with Crippen LogP contribution in [0.1, 0.15) is 53.0 Å². The highest BCUT2D eigenvalue weighted by atomic mass is 16.2. The van der Waals surface area contributed by atoms with E-state index in [1.165, 1.54) is 0 Å². The van der Waals surface area contributed by atoms with E-state index in [1.54, 1.807) is 6.20 Å². The zero-order valence-corrected chi connectivity index (χ0v) is 14.1. The van der Waals surface area contributed by atoms with E-state index in [0.717, 1.165) is 42.3 Å². The molecule has 1 atom stereocenters. The molecule has 0 N–H and O–H groups in total. The van der Waals surface area contributed by atoms with Crippen LogP contribution in [0, 0.1) is 20.8 Å². The quantitative estimate of drug-likeness (QED) is 0.855. The number of carbonyl (C=O) groups excluding carboxylic acids is 1. The number of hydrogen-bond donors (Lipinski definition) is 0. The van der Waals surface area contributed by atoms with Crippen molar-refractivity contribution in [3.63, 3.8) is 0 Å². The monoisotopic (exact) mass is 310 g/mol. The molecule has 2 aromatic heterocycles. The summed E-state index contributed by atoms with van der Waals surface area (Å²) in [5.74, 6) is 0.737. The third kappa shape index (κ3) is 2.83. The van der Waals surface area contributed by atoms with Crippen LogP contribution in [0.4, 0.5) is 0 Å². The zero-order valence-electron chi connectivity index (χ0n) is 14.1. The first-order chi connectivity index (χ1) is 10.9. The summed E-state index contributed by atoms with van der Waals surface area (Å²) in [5, 5.41) is 0. The van der Waals surface area contributed by atoms with Crippen molar-refractivity contribution in [2.75, 3.05) is 6.54 Å². The molecule has 3 rings (SSSR count). The summed E-state index contributed by atoms with van der Waals surface area (Å²) in [7, 11) is 0. The molecule has 0 aromatic carbocycles. The summed E-state index contributed by atoms with van der Waals surface area (Å²) in [6.07, 6.45) is 3.48. The Balaban J connectivity index is 1.98. The summed E-state index contributed by atoms with van der Waals surface area (Å²) < 4.78 is 0. The minimum atomic E-state index is -0.460. The van der Waals surface area contributed by atoms with Crippen LogP contribution in [0.25, 0.3) is 0 Å². The van der Waals surface area contributed by atoms with Gasteiger partial charge in [0.25, 0.3) is 5.91 Å². The molecule has 0 spiro atoms. The van der Waals surface area contributed by atoms with Crippen LogP contribution in [0.5, 0.6) is 0 Å². The standard InChI is InChI=1S/C18H22N4O/c1-12-6-7-15(11-19-12)16(23)22-9-5-8-18(22,4)17-20-13(2)10-14(3)21-17/h6-7,10-11H,5,8-9H2,1-4H3/t18-/m1/s1. The van der Waals surface area contributed by atoms with Gasteiger partial charge in [-0.3, -0.25) is 9.78 Å². The molecule has 5 heteroatoms. The molecule has 1 aliphatic rings. The number of carbonyl (C=O) groups is 1. The molecule has 3 heterocycles. The molecule has 0 saturated carbocycles. The van der Waals surface area contributed by atoms with Crippen molar-refractivity contribution in [3.8, 4) is 0 Å². The van der Waals surface area contributed by atoms with Gasteiger partial charge >= 0.3 is 0 Å². The van der Waals surface area contributed by atoms with E-state index in [0.29, 0.717) is 5.56 Å². The number of likely N-dealkylation sites (tertiary alicyclic amines) is 1. The van der Waals surface area contributed by atoms with E-state index in [2.05, 4.69) is 21.9 Å². The van der Waals surface area contributed by atoms with Crippen molar-refractivity contribution < 1.29 is 4.79 Å². The summed E-state index contributed by atoms with van der Waals surface area (Å²) >= 11 is 0. The van der Waals surface area contributed by atoms with Gasteiger partial charge in [0.2, 0.25) is 0 Å². The van der Waals surface area contributed by atoms with Gasteiger partial charge in [-0.2, -0.15) is 0 Å². The van der Waals surface area contributed by atoms with Crippen molar-refractivity contribution in [2.45, 2.75) is 46.1 Å². The SMILES string of the molecule is Cc1ccc(C(=O)N2CCC[C@]2(C)c2nc(C)cc(C)n2)cn1. The summed E-state index contributed by atoms with van der Waals surface area (Å²) in [5.41, 5.74) is 2.94. The van der Waals surface area contributed by atoms with Crippen molar-refractivity contribution >= 4 is 5.91 Å². The Hall–Kier alpha value is -2.30. The molecule has 1 amide bonds. The predicted octanol–water partition coefficient (Wildman–Crippen LogP) is 2.95. The van der Waals surface area contributed by atoms with Crippen molar-refractivity contribution in [1.82, 2.24) is 19.9 Å². The molecule has 1 fully saturated rings. The average molecular weight is 310 g/mol. The molecule has 0 bridgehead atoms. The van der Waals surface area contributed by atoms with Crippen LogP contribution in [0.15, 0.2) is 24.4 Å². The molecular weight excluding hydrogens is 288 g/mol. The Kier molecular flexibility index (Phi) is 3.88. The van der Waals surface area contributed by atoms with E-state index in [4.69, 9.17) is 0 Å². The lowest BCUT2D eigenvalue weighted by Crippen LogP contribution is -2.44. The lowest BCUT2D eigenvalue weighted by atomic mass is 9.96. The third-order valence-corrected chi connectivity index (χ3v) is 4.51. The van der Waals surface area contributed by atoms with Crippen molar-refractivity contribution in [3.05, 3.63) is 52.9 Å². The van der Waals surface area contributed by atoms with E-state index in [-0.39, 0.29) is 5.91 Å². The smallest absolute Gasteiger partial charge is 0.256 e. The maximum Gasteiger partial charge on any atom is 0.256 e. The molecule has 0 aliphatic carbocycles. The Morgan fingerprint density at radius 2 is 1.83 bits per heavy atom. The van der Waals surface area contributed by atoms with Crippen LogP contribution >= 0.6 is 0 Å². The first kappa shape index (κ1) is 15.6. The number of aromatic nitrogens is 3. The highest BCUT2D eigenvalue weighted by Gasteiger charge is 2.43. The van der Waals surface area contributed by atoms with Crippen molar-refractivity contribution in [2.24, 2.45) is 0 Å². The Bertz CT molecular complexity index is 721. The minimum Gasteiger partial charge on any atom is -0.326 e. The fourth-order valence-electron chi connectivity index (χ4n) is 3.24. The summed E-state index contributed by atoms with van der Waals surface area (Å²) in [6.45, 7) is 8.63. The molecule has 120 valence electrons. The number of rotatable bonds is 2. The van der Waals surface area contributed by atoms with Crippen molar-refractivity contribution in [1.29, 1.82) is 0 Å². The van der Waals surface area contributed by atoms with E-state index in [9.17, 15) is 4.79 Å². The van der Waals surface area contributed by atoms with Gasteiger partial charge in [-0.25, -0.2) is 9.97 Å². The molecular formula is C18H22N4O. The zero-order chi connectivity index (χ0) is 16.6. The second-order valence-electron chi connectivity index (χ2n) is 6.50. The van der Waals surface area contributed by atoms with Gasteiger partial charge in [-0.1, -0.05) is 0 Å². The van der Waals surface area contributed by atoms with Gasteiger partial charge in [0.1, 0.15) is 5.54 Å². The number of aryl methyl sites for hydroxylation is 3. The average Bonchev–Trinajstić information content (AvgIpc) is 2.89. The fraction of sp³-hybridized carbons (Fsp3) is 0.444. The second-order valence-corrected chi connectivity index (χ2v) is 6.50. The Morgan fingerprint density at radius 1 is 1.13 bits per heavy atom. The van der Waals surface area contributed by atoms with Crippen LogP contribution in [0.3, 0.4) is 0 Å². The number of nitrogens with zero attached hydrogens (tertiary/aromatic N) is 4. The van der Waals surface area contributed by atoms with Crippen LogP contribution in [0.2, 0.25) is 0 Å². The second kappa shape index (κ2) is 5.72. The largest absolute Gasteiger partial charge is 0.326 e. The van der Waals surface area contributed by atoms with Crippen LogP contribution < -0.4 is 0 Å². The normalized spacial score (nSPS) is 20.8. The lowest BCUT2D eigenvalue weighted by molar-refractivity contribution is 0.0603. The number of amides is 1. The van der Waals surface area contributed by atoms with Gasteiger partial charge in [0.15, 0.2) is 5.82 Å². The molecule has 0 unspecified atom stereocenters. The summed E-state index contributed by atoms with van der Waals surface area (Å²) in [4.78, 5) is 28.3. The van der Waals surface area contributed by atoms with E-state index < -0.39 is 5.54 Å². The van der Waals surface area contributed by atoms with Gasteiger partial charge in [-0.05, 0) is 58.7 Å². The molecule has 1 saturated heterocycles. The fourth-order valence-corrected chi connectivity index (χ4v) is 3.24. The van der Waals surface area contributed by atoms with Gasteiger partial charge < -0.3 is 4.90 Å². The van der Waals surface area contributed by atoms with E-state index >= 15 is 0 Å². The van der Waals surface area contributed by atoms with Crippen LogP contribution in [-0.4, -0.2) is 32.3 Å². The lowest BCUT2D eigenvalue weighted by Gasteiger charge is -2.34. The third-order valence-electron chi connectivity index (χ3n) is 4.51. The minimum absolute atomic E-state index is 0.000240. The highest BCUT2D eigenvalue weighted by molar-refractivity contribution is 5.94. The molecule has 23 heavy (non-hydrogen) atoms. The van der Waals surface area contributed by atoms with Gasteiger partial charge in [-0.15, -0.1) is 0 Å². The molecule has 2 aromatic rings. The number of hydrogen-bond acceptors (Lipinski definition) is 4. The Labute approximate surface area is 136 Å². The molecule has 5 nitrogen and oxygen atoms in total. The van der Waals surface area contributed by atoms with Gasteiger partial charge in [0, 0.05) is 29.8 Å². The predicted molar refractivity (Wildman–Crippen MR) is 88.1 cm³/mol. The molecule has 0 radical (unpaired) electrons. The Morgan fingerprint density at radius 3 is 2.43 bits per heavy atom. The first-order valence-corrected chi connectivity index (χ1v) is 7.97.